The van der Waals surface area contributed by atoms with Crippen molar-refractivity contribution in [1.82, 2.24) is 5.32 Å². The summed E-state index contributed by atoms with van der Waals surface area (Å²) in [4.78, 5) is 0. The second kappa shape index (κ2) is 8.52. The Balaban J connectivity index is 2.53. The molecular formula is C14H19F4NS. The Labute approximate surface area is 121 Å². The zero-order valence-corrected chi connectivity index (χ0v) is 12.2. The number of halogens is 4. The number of hydrogen-bond acceptors (Lipinski definition) is 2. The van der Waals surface area contributed by atoms with Gasteiger partial charge in [0.2, 0.25) is 0 Å². The fraction of sp³-hybridized carbons (Fsp3) is 0.571. The van der Waals surface area contributed by atoms with Gasteiger partial charge in [0.05, 0.1) is 0 Å². The molecule has 0 aliphatic carbocycles. The summed E-state index contributed by atoms with van der Waals surface area (Å²) in [7, 11) is 0. The molecule has 0 saturated carbocycles. The lowest BCUT2D eigenvalue weighted by Crippen LogP contribution is -2.25. The third kappa shape index (κ3) is 7.14. The van der Waals surface area contributed by atoms with E-state index in [0.29, 0.717) is 24.9 Å². The monoisotopic (exact) mass is 309 g/mol. The van der Waals surface area contributed by atoms with Crippen LogP contribution >= 0.6 is 11.8 Å². The van der Waals surface area contributed by atoms with Gasteiger partial charge in [-0.2, -0.15) is 13.2 Å². The highest BCUT2D eigenvalue weighted by Crippen LogP contribution is 2.31. The van der Waals surface area contributed by atoms with E-state index in [9.17, 15) is 17.6 Å². The van der Waals surface area contributed by atoms with E-state index in [-0.39, 0.29) is 29.2 Å². The maximum Gasteiger partial charge on any atom is 0.441 e. The lowest BCUT2D eigenvalue weighted by atomic mass is 9.96. The van der Waals surface area contributed by atoms with Gasteiger partial charge in [-0.05, 0) is 43.5 Å². The minimum absolute atomic E-state index is 0.00157. The first-order chi connectivity index (χ1) is 9.42. The molecule has 0 spiro atoms. The van der Waals surface area contributed by atoms with Gasteiger partial charge in [0.1, 0.15) is 5.82 Å². The number of rotatable bonds is 8. The highest BCUT2D eigenvalue weighted by Gasteiger charge is 2.28. The quantitative estimate of drug-likeness (QED) is 0.721. The first-order valence-corrected chi connectivity index (χ1v) is 7.55. The second-order valence-corrected chi connectivity index (χ2v) is 5.71. The van der Waals surface area contributed by atoms with Crippen LogP contribution in [0.5, 0.6) is 0 Å². The highest BCUT2D eigenvalue weighted by molar-refractivity contribution is 8.00. The molecule has 1 nitrogen and oxygen atoms in total. The molecule has 0 bridgehead atoms. The largest absolute Gasteiger partial charge is 0.441 e. The molecule has 6 heteroatoms. The fourth-order valence-corrected chi connectivity index (χ4v) is 2.62. The van der Waals surface area contributed by atoms with Crippen LogP contribution in [0, 0.1) is 11.7 Å². The summed E-state index contributed by atoms with van der Waals surface area (Å²) >= 11 is -0.0114. The molecule has 0 amide bonds. The van der Waals surface area contributed by atoms with Crippen LogP contribution in [-0.4, -0.2) is 24.4 Å². The molecule has 0 aliphatic rings. The van der Waals surface area contributed by atoms with Gasteiger partial charge in [0.25, 0.3) is 0 Å². The third-order valence-electron chi connectivity index (χ3n) is 2.94. The van der Waals surface area contributed by atoms with Crippen molar-refractivity contribution < 1.29 is 17.6 Å². The average Bonchev–Trinajstić information content (AvgIpc) is 2.36. The molecule has 1 aromatic rings. The topological polar surface area (TPSA) is 12.0 Å². The molecular weight excluding hydrogens is 290 g/mol. The van der Waals surface area contributed by atoms with Gasteiger partial charge in [-0.15, -0.1) is 0 Å². The lowest BCUT2D eigenvalue weighted by Gasteiger charge is -2.18. The van der Waals surface area contributed by atoms with E-state index in [4.69, 9.17) is 0 Å². The average molecular weight is 309 g/mol. The van der Waals surface area contributed by atoms with Crippen molar-refractivity contribution in [2.45, 2.75) is 25.3 Å². The smallest absolute Gasteiger partial charge is 0.317 e. The Hall–Kier alpha value is -0.750. The van der Waals surface area contributed by atoms with Gasteiger partial charge in [0, 0.05) is 5.75 Å². The number of thioether (sulfide) groups is 1. The van der Waals surface area contributed by atoms with Crippen molar-refractivity contribution in [1.29, 1.82) is 0 Å². The minimum atomic E-state index is -4.19. The van der Waals surface area contributed by atoms with Crippen molar-refractivity contribution in [3.63, 3.8) is 0 Å². The molecule has 1 atom stereocenters. The Morgan fingerprint density at radius 1 is 1.25 bits per heavy atom. The summed E-state index contributed by atoms with van der Waals surface area (Å²) in [6.07, 6.45) is 0.865. The van der Waals surface area contributed by atoms with Crippen molar-refractivity contribution in [3.05, 3.63) is 35.6 Å². The molecule has 1 rings (SSSR count). The molecule has 0 heterocycles. The van der Waals surface area contributed by atoms with Gasteiger partial charge in [-0.25, -0.2) is 4.39 Å². The fourth-order valence-electron chi connectivity index (χ4n) is 1.94. The van der Waals surface area contributed by atoms with Crippen LogP contribution in [0.3, 0.4) is 0 Å². The standard InChI is InChI=1S/C14H19F4NS/c1-2-19-10-11(7-8-20-14(16,17)18)9-12-5-3-4-6-13(12)15/h3-6,11,19H,2,7-10H2,1H3. The number of nitrogens with one attached hydrogen (secondary N) is 1. The van der Waals surface area contributed by atoms with E-state index >= 15 is 0 Å². The van der Waals surface area contributed by atoms with Crippen molar-refractivity contribution in [2.24, 2.45) is 5.92 Å². The number of benzene rings is 1. The van der Waals surface area contributed by atoms with Crippen LogP contribution in [-0.2, 0) is 6.42 Å². The second-order valence-electron chi connectivity index (χ2n) is 4.55. The van der Waals surface area contributed by atoms with E-state index in [0.717, 1.165) is 6.54 Å². The summed E-state index contributed by atoms with van der Waals surface area (Å²) in [5, 5.41) is 3.12. The normalized spacial score (nSPS) is 13.4. The lowest BCUT2D eigenvalue weighted by molar-refractivity contribution is -0.0328. The van der Waals surface area contributed by atoms with Crippen LogP contribution in [0.2, 0.25) is 0 Å². The van der Waals surface area contributed by atoms with Crippen molar-refractivity contribution >= 4 is 11.8 Å². The SMILES string of the molecule is CCNCC(CCSC(F)(F)F)Cc1ccccc1F. The van der Waals surface area contributed by atoms with Crippen LogP contribution in [0.15, 0.2) is 24.3 Å². The van der Waals surface area contributed by atoms with E-state index in [2.05, 4.69) is 5.32 Å². The summed E-state index contributed by atoms with van der Waals surface area (Å²) in [6, 6.07) is 6.42. The van der Waals surface area contributed by atoms with Crippen molar-refractivity contribution in [2.75, 3.05) is 18.8 Å². The van der Waals surface area contributed by atoms with Gasteiger partial charge in [0.15, 0.2) is 0 Å². The van der Waals surface area contributed by atoms with Crippen LogP contribution in [0.4, 0.5) is 17.6 Å². The maximum absolute atomic E-state index is 13.6. The summed E-state index contributed by atoms with van der Waals surface area (Å²) in [5.41, 5.74) is -3.63. The Kier molecular flexibility index (Phi) is 7.37. The first-order valence-electron chi connectivity index (χ1n) is 6.57. The molecule has 0 fully saturated rings. The highest BCUT2D eigenvalue weighted by atomic mass is 32.2. The van der Waals surface area contributed by atoms with Crippen molar-refractivity contribution in [3.8, 4) is 0 Å². The molecule has 114 valence electrons. The van der Waals surface area contributed by atoms with E-state index in [1.54, 1.807) is 18.2 Å². The van der Waals surface area contributed by atoms with E-state index < -0.39 is 5.51 Å². The van der Waals surface area contributed by atoms with Gasteiger partial charge in [-0.3, -0.25) is 0 Å². The minimum Gasteiger partial charge on any atom is -0.317 e. The van der Waals surface area contributed by atoms with Crippen LogP contribution < -0.4 is 5.32 Å². The van der Waals surface area contributed by atoms with Crippen LogP contribution in [0.1, 0.15) is 18.9 Å². The summed E-state index contributed by atoms with van der Waals surface area (Å²) in [6.45, 7) is 3.29. The van der Waals surface area contributed by atoms with Gasteiger partial charge >= 0.3 is 5.51 Å². The summed E-state index contributed by atoms with van der Waals surface area (Å²) in [5.74, 6) is -0.284. The third-order valence-corrected chi connectivity index (χ3v) is 3.71. The number of alkyl halides is 3. The van der Waals surface area contributed by atoms with E-state index in [1.807, 2.05) is 6.92 Å². The Bertz CT molecular complexity index is 395. The maximum atomic E-state index is 13.6. The summed E-state index contributed by atoms with van der Waals surface area (Å²) < 4.78 is 50.0. The van der Waals surface area contributed by atoms with E-state index in [1.165, 1.54) is 6.07 Å². The predicted octanol–water partition coefficient (Wildman–Crippen LogP) is 4.24. The zero-order valence-electron chi connectivity index (χ0n) is 11.3. The zero-order chi connectivity index (χ0) is 15.0. The molecule has 0 aromatic heterocycles. The Morgan fingerprint density at radius 3 is 2.55 bits per heavy atom. The molecule has 1 N–H and O–H groups in total. The number of hydrogen-bond donors (Lipinski definition) is 1. The molecule has 20 heavy (non-hydrogen) atoms. The predicted molar refractivity (Wildman–Crippen MR) is 75.3 cm³/mol. The molecule has 0 saturated heterocycles. The molecule has 0 aliphatic heterocycles. The van der Waals surface area contributed by atoms with Gasteiger partial charge < -0.3 is 5.32 Å². The van der Waals surface area contributed by atoms with Crippen LogP contribution in [0.25, 0.3) is 0 Å². The van der Waals surface area contributed by atoms with Gasteiger partial charge in [-0.1, -0.05) is 36.9 Å². The molecule has 1 unspecified atom stereocenters. The Morgan fingerprint density at radius 2 is 1.95 bits per heavy atom. The molecule has 1 aromatic carbocycles. The molecule has 0 radical (unpaired) electrons. The first kappa shape index (κ1) is 17.3.